The summed E-state index contributed by atoms with van der Waals surface area (Å²) in [7, 11) is 0. The lowest BCUT2D eigenvalue weighted by molar-refractivity contribution is -0.141. The number of alkyl halides is 3. The summed E-state index contributed by atoms with van der Waals surface area (Å²) in [6.07, 6.45) is -1.93. The van der Waals surface area contributed by atoms with Gasteiger partial charge in [0.2, 0.25) is 0 Å². The Bertz CT molecular complexity index is 380. The van der Waals surface area contributed by atoms with Gasteiger partial charge in [0.05, 0.1) is 13.2 Å². The average Bonchev–Trinajstić information content (AvgIpc) is 2.33. The van der Waals surface area contributed by atoms with Crippen molar-refractivity contribution in [2.24, 2.45) is 0 Å². The molecule has 1 heterocycles. The molecule has 0 spiro atoms. The van der Waals surface area contributed by atoms with Crippen LogP contribution in [0, 0.1) is 0 Å². The highest BCUT2D eigenvalue weighted by Gasteiger charge is 2.32. The molecule has 100 valence electrons. The molecule has 18 heavy (non-hydrogen) atoms. The van der Waals surface area contributed by atoms with Gasteiger partial charge in [-0.1, -0.05) is 12.1 Å². The normalized spacial score (nSPS) is 11.3. The van der Waals surface area contributed by atoms with E-state index < -0.39 is 11.9 Å². The maximum Gasteiger partial charge on any atom is 0.433 e. The van der Waals surface area contributed by atoms with Crippen LogP contribution in [0.3, 0.4) is 0 Å². The van der Waals surface area contributed by atoms with Crippen molar-refractivity contribution < 1.29 is 17.9 Å². The molecule has 3 nitrogen and oxygen atoms in total. The summed E-state index contributed by atoms with van der Waals surface area (Å²) in [6, 6.07) is 3.74. The zero-order valence-electron chi connectivity index (χ0n) is 9.83. The minimum atomic E-state index is -4.42. The predicted molar refractivity (Wildman–Crippen MR) is 63.4 cm³/mol. The Balaban J connectivity index is 2.36. The van der Waals surface area contributed by atoms with E-state index in [2.05, 4.69) is 16.9 Å². The average molecular weight is 260 g/mol. The van der Waals surface area contributed by atoms with Crippen LogP contribution >= 0.6 is 0 Å². The van der Waals surface area contributed by atoms with Crippen molar-refractivity contribution in [2.75, 3.05) is 25.1 Å². The second-order valence-corrected chi connectivity index (χ2v) is 3.52. The third-order valence-electron chi connectivity index (χ3n) is 2.06. The first-order valence-corrected chi connectivity index (χ1v) is 5.51. The van der Waals surface area contributed by atoms with Crippen LogP contribution in [0.4, 0.5) is 19.0 Å². The highest BCUT2D eigenvalue weighted by atomic mass is 19.4. The van der Waals surface area contributed by atoms with Gasteiger partial charge >= 0.3 is 6.18 Å². The highest BCUT2D eigenvalue weighted by Crippen LogP contribution is 2.27. The number of nitrogens with one attached hydrogen (secondary N) is 1. The molecule has 0 atom stereocenters. The summed E-state index contributed by atoms with van der Waals surface area (Å²) in [5.74, 6) is 0.192. The summed E-state index contributed by atoms with van der Waals surface area (Å²) in [5, 5.41) is 2.77. The molecule has 0 saturated carbocycles. The molecular formula is C12H15F3N2O. The Morgan fingerprint density at radius 3 is 2.78 bits per heavy atom. The summed E-state index contributed by atoms with van der Waals surface area (Å²) in [6.45, 7) is 4.92. The molecule has 1 aromatic rings. The number of pyridine rings is 1. The van der Waals surface area contributed by atoms with Crippen LogP contribution in [0.15, 0.2) is 30.9 Å². The van der Waals surface area contributed by atoms with Gasteiger partial charge in [0.15, 0.2) is 0 Å². The number of halogens is 3. The molecule has 0 aliphatic carbocycles. The van der Waals surface area contributed by atoms with E-state index in [9.17, 15) is 13.2 Å². The summed E-state index contributed by atoms with van der Waals surface area (Å²) >= 11 is 0. The van der Waals surface area contributed by atoms with E-state index >= 15 is 0 Å². The van der Waals surface area contributed by atoms with Crippen molar-refractivity contribution in [2.45, 2.75) is 12.6 Å². The minimum Gasteiger partial charge on any atom is -0.379 e. The number of nitrogens with zero attached hydrogens (tertiary/aromatic N) is 1. The van der Waals surface area contributed by atoms with Crippen molar-refractivity contribution in [3.05, 3.63) is 36.5 Å². The van der Waals surface area contributed by atoms with Crippen molar-refractivity contribution in [1.82, 2.24) is 4.98 Å². The fraction of sp³-hybridized carbons (Fsp3) is 0.417. The van der Waals surface area contributed by atoms with E-state index in [0.717, 1.165) is 12.5 Å². The number of hydrogen-bond acceptors (Lipinski definition) is 3. The number of aromatic nitrogens is 1. The van der Waals surface area contributed by atoms with Crippen LogP contribution in [-0.2, 0) is 10.9 Å². The molecular weight excluding hydrogens is 245 g/mol. The van der Waals surface area contributed by atoms with Crippen molar-refractivity contribution in [3.63, 3.8) is 0 Å². The van der Waals surface area contributed by atoms with E-state index in [4.69, 9.17) is 4.74 Å². The van der Waals surface area contributed by atoms with Gasteiger partial charge in [0, 0.05) is 6.54 Å². The van der Waals surface area contributed by atoms with Crippen molar-refractivity contribution in [3.8, 4) is 0 Å². The van der Waals surface area contributed by atoms with Crippen LogP contribution in [0.5, 0.6) is 0 Å². The van der Waals surface area contributed by atoms with Gasteiger partial charge in [-0.2, -0.15) is 13.2 Å². The first kappa shape index (κ1) is 14.5. The quantitative estimate of drug-likeness (QED) is 0.604. The lowest BCUT2D eigenvalue weighted by Gasteiger charge is -2.09. The first-order valence-electron chi connectivity index (χ1n) is 5.51. The molecule has 0 amide bonds. The lowest BCUT2D eigenvalue weighted by atomic mass is 10.3. The summed E-state index contributed by atoms with van der Waals surface area (Å²) in [5.41, 5.74) is -0.903. The van der Waals surface area contributed by atoms with E-state index in [-0.39, 0.29) is 5.82 Å². The molecule has 1 rings (SSSR count). The van der Waals surface area contributed by atoms with Crippen molar-refractivity contribution >= 4 is 5.82 Å². The summed E-state index contributed by atoms with van der Waals surface area (Å²) < 4.78 is 42.3. The third-order valence-corrected chi connectivity index (χ3v) is 2.06. The molecule has 0 fully saturated rings. The highest BCUT2D eigenvalue weighted by molar-refractivity contribution is 5.35. The Morgan fingerprint density at radius 2 is 2.11 bits per heavy atom. The van der Waals surface area contributed by atoms with Crippen LogP contribution in [0.1, 0.15) is 12.1 Å². The lowest BCUT2D eigenvalue weighted by Crippen LogP contribution is -2.13. The molecule has 0 saturated heterocycles. The van der Waals surface area contributed by atoms with Gasteiger partial charge in [-0.3, -0.25) is 0 Å². The smallest absolute Gasteiger partial charge is 0.379 e. The number of ether oxygens (including phenoxy) is 1. The van der Waals surface area contributed by atoms with E-state index in [1.807, 2.05) is 0 Å². The maximum absolute atomic E-state index is 12.4. The van der Waals surface area contributed by atoms with E-state index in [0.29, 0.717) is 19.8 Å². The Morgan fingerprint density at radius 1 is 1.33 bits per heavy atom. The molecule has 1 N–H and O–H groups in total. The number of hydrogen-bond donors (Lipinski definition) is 1. The van der Waals surface area contributed by atoms with E-state index in [1.54, 1.807) is 6.08 Å². The summed E-state index contributed by atoms with van der Waals surface area (Å²) in [4.78, 5) is 3.47. The molecule has 0 radical (unpaired) electrons. The molecule has 0 bridgehead atoms. The standard InChI is InChI=1S/C12H15F3N2O/c1-2-3-8-18-9-7-16-11-6-4-5-10(17-11)12(13,14)15/h2,4-6H,1,3,7-9H2,(H,16,17). The third kappa shape index (κ3) is 5.18. The maximum atomic E-state index is 12.4. The molecule has 0 aromatic carbocycles. The van der Waals surface area contributed by atoms with Crippen LogP contribution < -0.4 is 5.32 Å². The van der Waals surface area contributed by atoms with Crippen LogP contribution in [0.2, 0.25) is 0 Å². The van der Waals surface area contributed by atoms with Gasteiger partial charge in [-0.15, -0.1) is 6.58 Å². The molecule has 0 unspecified atom stereocenters. The van der Waals surface area contributed by atoms with Crippen molar-refractivity contribution in [1.29, 1.82) is 0 Å². The molecule has 1 aromatic heterocycles. The largest absolute Gasteiger partial charge is 0.433 e. The van der Waals surface area contributed by atoms with Gasteiger partial charge in [-0.25, -0.2) is 4.98 Å². The second kappa shape index (κ2) is 7.00. The van der Waals surface area contributed by atoms with Crippen LogP contribution in [-0.4, -0.2) is 24.7 Å². The molecule has 6 heteroatoms. The Kier molecular flexibility index (Phi) is 5.64. The first-order chi connectivity index (χ1) is 8.54. The monoisotopic (exact) mass is 260 g/mol. The Labute approximate surface area is 104 Å². The SMILES string of the molecule is C=CCCOCCNc1cccc(C(F)(F)F)n1. The topological polar surface area (TPSA) is 34.1 Å². The van der Waals surface area contributed by atoms with Gasteiger partial charge in [0.1, 0.15) is 11.5 Å². The van der Waals surface area contributed by atoms with Gasteiger partial charge in [0.25, 0.3) is 0 Å². The van der Waals surface area contributed by atoms with Gasteiger partial charge in [-0.05, 0) is 18.6 Å². The zero-order chi connectivity index (χ0) is 13.4. The number of anilines is 1. The fourth-order valence-electron chi connectivity index (χ4n) is 1.21. The fourth-order valence-corrected chi connectivity index (χ4v) is 1.21. The van der Waals surface area contributed by atoms with Crippen LogP contribution in [0.25, 0.3) is 0 Å². The van der Waals surface area contributed by atoms with Gasteiger partial charge < -0.3 is 10.1 Å². The molecule has 0 aliphatic heterocycles. The Hall–Kier alpha value is -1.56. The minimum absolute atomic E-state index is 0.192. The number of rotatable bonds is 7. The zero-order valence-corrected chi connectivity index (χ0v) is 9.83. The van der Waals surface area contributed by atoms with E-state index in [1.165, 1.54) is 12.1 Å². The molecule has 0 aliphatic rings. The predicted octanol–water partition coefficient (Wildman–Crippen LogP) is 3.11. The second-order valence-electron chi connectivity index (χ2n) is 3.52.